The van der Waals surface area contributed by atoms with E-state index in [1.807, 2.05) is 55.5 Å². The van der Waals surface area contributed by atoms with E-state index >= 15 is 0 Å². The van der Waals surface area contributed by atoms with Gasteiger partial charge in [0.15, 0.2) is 0 Å². The van der Waals surface area contributed by atoms with Crippen LogP contribution in [0.3, 0.4) is 0 Å². The van der Waals surface area contributed by atoms with Gasteiger partial charge in [-0.3, -0.25) is 4.79 Å². The summed E-state index contributed by atoms with van der Waals surface area (Å²) in [6.45, 7) is 5.67. The molecule has 0 aliphatic carbocycles. The average molecular weight is 439 g/mol. The van der Waals surface area contributed by atoms with Crippen LogP contribution < -0.4 is 15.0 Å². The Morgan fingerprint density at radius 3 is 2.71 bits per heavy atom. The minimum Gasteiger partial charge on any atom is -0.497 e. The van der Waals surface area contributed by atoms with E-state index in [2.05, 4.69) is 21.5 Å². The van der Waals surface area contributed by atoms with Crippen LogP contribution in [-0.2, 0) is 11.2 Å². The number of rotatable bonds is 11. The van der Waals surface area contributed by atoms with Gasteiger partial charge in [-0.2, -0.15) is 4.37 Å². The number of aromatic nitrogens is 2. The second-order valence-electron chi connectivity index (χ2n) is 7.53. The molecule has 1 N–H and O–H groups in total. The standard InChI is InChI=1S/C24H30N4O2S/c1-4-5-14-28(15-13-23(29)25-20-11-9-18(2)10-12-20)24-26-22(27-31-24)17-19-7-6-8-21(16-19)30-3/h6-12,16H,4-5,13-15,17H2,1-3H3,(H,25,29). The SMILES string of the molecule is CCCCN(CCC(=O)Nc1ccc(C)cc1)c1nc(Cc2cccc(OC)c2)ns1. The molecule has 6 nitrogen and oxygen atoms in total. The van der Waals surface area contributed by atoms with Gasteiger partial charge in [-0.1, -0.05) is 43.2 Å². The van der Waals surface area contributed by atoms with E-state index < -0.39 is 0 Å². The molecule has 0 unspecified atom stereocenters. The van der Waals surface area contributed by atoms with Gasteiger partial charge in [-0.25, -0.2) is 4.98 Å². The summed E-state index contributed by atoms with van der Waals surface area (Å²) < 4.78 is 9.85. The van der Waals surface area contributed by atoms with Gasteiger partial charge in [0, 0.05) is 43.2 Å². The monoisotopic (exact) mass is 438 g/mol. The van der Waals surface area contributed by atoms with E-state index in [4.69, 9.17) is 9.72 Å². The third-order valence-corrected chi connectivity index (χ3v) is 5.76. The zero-order valence-corrected chi connectivity index (χ0v) is 19.2. The number of nitrogens with one attached hydrogen (secondary N) is 1. The predicted octanol–water partition coefficient (Wildman–Crippen LogP) is 5.08. The fourth-order valence-corrected chi connectivity index (χ4v) is 3.90. The lowest BCUT2D eigenvalue weighted by molar-refractivity contribution is -0.116. The number of hydrogen-bond acceptors (Lipinski definition) is 6. The Labute approximate surface area is 188 Å². The van der Waals surface area contributed by atoms with Crippen molar-refractivity contribution in [2.75, 3.05) is 30.4 Å². The van der Waals surface area contributed by atoms with E-state index in [0.29, 0.717) is 19.4 Å². The number of unbranched alkanes of at least 4 members (excludes halogenated alkanes) is 1. The molecule has 0 saturated heterocycles. The van der Waals surface area contributed by atoms with Gasteiger partial charge >= 0.3 is 0 Å². The molecule has 0 atom stereocenters. The van der Waals surface area contributed by atoms with Crippen molar-refractivity contribution in [2.45, 2.75) is 39.5 Å². The van der Waals surface area contributed by atoms with Crippen molar-refractivity contribution in [1.29, 1.82) is 0 Å². The summed E-state index contributed by atoms with van der Waals surface area (Å²) in [7, 11) is 1.67. The predicted molar refractivity (Wildman–Crippen MR) is 127 cm³/mol. The minimum atomic E-state index is 0.00599. The van der Waals surface area contributed by atoms with Crippen molar-refractivity contribution < 1.29 is 9.53 Å². The van der Waals surface area contributed by atoms with Gasteiger partial charge < -0.3 is 15.0 Å². The van der Waals surface area contributed by atoms with E-state index in [-0.39, 0.29) is 5.91 Å². The van der Waals surface area contributed by atoms with Crippen molar-refractivity contribution in [2.24, 2.45) is 0 Å². The highest BCUT2D eigenvalue weighted by molar-refractivity contribution is 7.09. The topological polar surface area (TPSA) is 67.4 Å². The highest BCUT2D eigenvalue weighted by atomic mass is 32.1. The van der Waals surface area contributed by atoms with Crippen molar-refractivity contribution in [3.63, 3.8) is 0 Å². The van der Waals surface area contributed by atoms with Crippen LogP contribution in [0, 0.1) is 6.92 Å². The first-order valence-electron chi connectivity index (χ1n) is 10.6. The molecule has 3 rings (SSSR count). The van der Waals surface area contributed by atoms with Gasteiger partial charge in [0.05, 0.1) is 7.11 Å². The summed E-state index contributed by atoms with van der Waals surface area (Å²) >= 11 is 1.40. The third-order valence-electron chi connectivity index (χ3n) is 4.95. The Balaban J connectivity index is 1.60. The van der Waals surface area contributed by atoms with E-state index in [9.17, 15) is 4.79 Å². The molecule has 0 fully saturated rings. The molecule has 2 aromatic carbocycles. The maximum Gasteiger partial charge on any atom is 0.226 e. The van der Waals surface area contributed by atoms with Crippen LogP contribution in [0.4, 0.5) is 10.8 Å². The molecule has 0 saturated carbocycles. The first kappa shape index (κ1) is 22.7. The Kier molecular flexibility index (Phi) is 8.41. The number of benzene rings is 2. The van der Waals surface area contributed by atoms with E-state index in [0.717, 1.165) is 47.3 Å². The molecule has 1 aromatic heterocycles. The molecule has 7 heteroatoms. The molecule has 0 bridgehead atoms. The highest BCUT2D eigenvalue weighted by Crippen LogP contribution is 2.21. The van der Waals surface area contributed by atoms with Crippen LogP contribution in [0.5, 0.6) is 5.75 Å². The summed E-state index contributed by atoms with van der Waals surface area (Å²) in [5.74, 6) is 1.63. The summed E-state index contributed by atoms with van der Waals surface area (Å²) in [5, 5.41) is 3.84. The summed E-state index contributed by atoms with van der Waals surface area (Å²) in [4.78, 5) is 19.3. The summed E-state index contributed by atoms with van der Waals surface area (Å²) in [6.07, 6.45) is 3.19. The average Bonchev–Trinajstić information content (AvgIpc) is 3.23. The summed E-state index contributed by atoms with van der Waals surface area (Å²) in [6, 6.07) is 15.8. The molecule has 0 aliphatic rings. The number of methoxy groups -OCH3 is 1. The first-order valence-corrected chi connectivity index (χ1v) is 11.4. The maximum absolute atomic E-state index is 12.4. The van der Waals surface area contributed by atoms with Gasteiger partial charge in [-0.15, -0.1) is 0 Å². The molecule has 31 heavy (non-hydrogen) atoms. The van der Waals surface area contributed by atoms with Gasteiger partial charge in [0.1, 0.15) is 11.6 Å². The van der Waals surface area contributed by atoms with E-state index in [1.165, 1.54) is 17.1 Å². The number of carbonyl (C=O) groups excluding carboxylic acids is 1. The third kappa shape index (κ3) is 7.07. The Hall–Kier alpha value is -2.93. The lowest BCUT2D eigenvalue weighted by atomic mass is 10.1. The fourth-order valence-electron chi connectivity index (χ4n) is 3.16. The van der Waals surface area contributed by atoms with Crippen molar-refractivity contribution in [1.82, 2.24) is 9.36 Å². The zero-order valence-electron chi connectivity index (χ0n) is 18.4. The number of ether oxygens (including phenoxy) is 1. The van der Waals surface area contributed by atoms with Crippen LogP contribution in [0.25, 0.3) is 0 Å². The smallest absolute Gasteiger partial charge is 0.226 e. The number of nitrogens with zero attached hydrogens (tertiary/aromatic N) is 3. The zero-order chi connectivity index (χ0) is 22.1. The number of aryl methyl sites for hydroxylation is 1. The summed E-state index contributed by atoms with van der Waals surface area (Å²) in [5.41, 5.74) is 3.11. The second-order valence-corrected chi connectivity index (χ2v) is 8.26. The Morgan fingerprint density at radius 1 is 1.16 bits per heavy atom. The molecule has 3 aromatic rings. The molecule has 0 radical (unpaired) electrons. The first-order chi connectivity index (χ1) is 15.1. The van der Waals surface area contributed by atoms with Crippen LogP contribution >= 0.6 is 11.5 Å². The molecule has 1 heterocycles. The molecular formula is C24H30N4O2S. The molecule has 0 spiro atoms. The highest BCUT2D eigenvalue weighted by Gasteiger charge is 2.15. The molecular weight excluding hydrogens is 408 g/mol. The largest absolute Gasteiger partial charge is 0.497 e. The number of amides is 1. The lowest BCUT2D eigenvalue weighted by Crippen LogP contribution is -2.28. The minimum absolute atomic E-state index is 0.00599. The number of carbonyl (C=O) groups is 1. The van der Waals surface area contributed by atoms with E-state index in [1.54, 1.807) is 7.11 Å². The number of hydrogen-bond donors (Lipinski definition) is 1. The van der Waals surface area contributed by atoms with Crippen LogP contribution in [-0.4, -0.2) is 35.5 Å². The Morgan fingerprint density at radius 2 is 1.97 bits per heavy atom. The molecule has 0 aliphatic heterocycles. The molecule has 164 valence electrons. The normalized spacial score (nSPS) is 10.7. The van der Waals surface area contributed by atoms with Crippen molar-refractivity contribution >= 4 is 28.3 Å². The molecule has 1 amide bonds. The van der Waals surface area contributed by atoms with Crippen molar-refractivity contribution in [3.05, 3.63) is 65.5 Å². The quantitative estimate of drug-likeness (QED) is 0.452. The second kappa shape index (κ2) is 11.5. The number of anilines is 2. The van der Waals surface area contributed by atoms with Crippen molar-refractivity contribution in [3.8, 4) is 5.75 Å². The lowest BCUT2D eigenvalue weighted by Gasteiger charge is -2.20. The van der Waals surface area contributed by atoms with Gasteiger partial charge in [-0.05, 0) is 43.2 Å². The Bertz CT molecular complexity index is 972. The van der Waals surface area contributed by atoms with Crippen LogP contribution in [0.1, 0.15) is 43.1 Å². The maximum atomic E-state index is 12.4. The van der Waals surface area contributed by atoms with Gasteiger partial charge in [0.25, 0.3) is 0 Å². The van der Waals surface area contributed by atoms with Crippen LogP contribution in [0.15, 0.2) is 48.5 Å². The van der Waals surface area contributed by atoms with Crippen LogP contribution in [0.2, 0.25) is 0 Å². The van der Waals surface area contributed by atoms with Gasteiger partial charge in [0.2, 0.25) is 11.0 Å². The fraction of sp³-hybridized carbons (Fsp3) is 0.375.